The maximum Gasteiger partial charge on any atom is 0.332 e. The minimum Gasteiger partial charge on any atom is -0.508 e. The molecule has 0 aromatic heterocycles. The summed E-state index contributed by atoms with van der Waals surface area (Å²) in [7, 11) is 1.17. The zero-order valence-corrected chi connectivity index (χ0v) is 17.5. The minimum atomic E-state index is -2.02. The van der Waals surface area contributed by atoms with Gasteiger partial charge in [0.2, 0.25) is 5.78 Å². The van der Waals surface area contributed by atoms with Crippen LogP contribution in [0.2, 0.25) is 0 Å². The van der Waals surface area contributed by atoms with E-state index in [2.05, 4.69) is 0 Å². The first-order valence-corrected chi connectivity index (χ1v) is 9.80. The van der Waals surface area contributed by atoms with Crippen molar-refractivity contribution in [2.24, 2.45) is 0 Å². The van der Waals surface area contributed by atoms with Gasteiger partial charge >= 0.3 is 5.97 Å². The molecule has 0 saturated carbocycles. The van der Waals surface area contributed by atoms with E-state index in [-0.39, 0.29) is 40.2 Å². The highest BCUT2D eigenvalue weighted by Gasteiger charge is 2.56. The Balaban J connectivity index is 2.16. The van der Waals surface area contributed by atoms with E-state index in [0.29, 0.717) is 10.9 Å². The summed E-state index contributed by atoms with van der Waals surface area (Å²) in [6.45, 7) is 4.79. The van der Waals surface area contributed by atoms with Crippen molar-refractivity contribution in [1.82, 2.24) is 0 Å². The lowest BCUT2D eigenvalue weighted by Crippen LogP contribution is -2.40. The van der Waals surface area contributed by atoms with Crippen LogP contribution < -0.4 is 4.74 Å². The lowest BCUT2D eigenvalue weighted by Gasteiger charge is -2.29. The summed E-state index contributed by atoms with van der Waals surface area (Å²) in [6.07, 6.45) is -3.14. The number of carboxylic acids is 1. The van der Waals surface area contributed by atoms with Gasteiger partial charge in [-0.2, -0.15) is 0 Å². The van der Waals surface area contributed by atoms with Crippen molar-refractivity contribution in [2.45, 2.75) is 50.4 Å². The number of phenols is 2. The van der Waals surface area contributed by atoms with Crippen LogP contribution in [-0.2, 0) is 20.5 Å². The van der Waals surface area contributed by atoms with Gasteiger partial charge in [-0.1, -0.05) is 0 Å². The van der Waals surface area contributed by atoms with E-state index in [4.69, 9.17) is 9.47 Å². The predicted molar refractivity (Wildman–Crippen MR) is 108 cm³/mol. The van der Waals surface area contributed by atoms with Gasteiger partial charge in [-0.25, -0.2) is 4.79 Å². The van der Waals surface area contributed by atoms with Crippen LogP contribution in [0.1, 0.15) is 47.3 Å². The van der Waals surface area contributed by atoms with Crippen LogP contribution in [0.15, 0.2) is 6.07 Å². The molecular formula is C22H24O9. The highest BCUT2D eigenvalue weighted by molar-refractivity contribution is 6.24. The number of benzene rings is 2. The summed E-state index contributed by atoms with van der Waals surface area (Å²) in [5.41, 5.74) is -2.38. The van der Waals surface area contributed by atoms with Crippen molar-refractivity contribution in [3.63, 3.8) is 0 Å². The van der Waals surface area contributed by atoms with Crippen molar-refractivity contribution in [1.29, 1.82) is 0 Å². The van der Waals surface area contributed by atoms with Crippen molar-refractivity contribution < 1.29 is 44.6 Å². The molecule has 4 unspecified atom stereocenters. The Hall–Kier alpha value is -2.88. The Morgan fingerprint density at radius 2 is 1.94 bits per heavy atom. The van der Waals surface area contributed by atoms with E-state index in [1.54, 1.807) is 20.8 Å². The molecule has 2 aromatic rings. The van der Waals surface area contributed by atoms with Gasteiger partial charge in [0.15, 0.2) is 11.7 Å². The fraction of sp³-hybridized carbons (Fsp3) is 0.455. The standard InChI is InChI=1S/C22H24O9/c1-8-5-10(24)15-13-12(8)18-16(21(3,7-23)9(2)31-18)17(26)14(13)19(27)22(15,30-4)6-11(25)20(28)29/h5,9,11,23-26H,6-7H2,1-4H3,(H,28,29). The Kier molecular flexibility index (Phi) is 4.52. The number of fused-ring (bicyclic) bond motifs is 2. The number of carbonyl (C=O) groups is 2. The van der Waals surface area contributed by atoms with Gasteiger partial charge in [0.05, 0.1) is 17.6 Å². The fourth-order valence-electron chi connectivity index (χ4n) is 4.96. The van der Waals surface area contributed by atoms with Crippen molar-refractivity contribution in [3.05, 3.63) is 28.3 Å². The van der Waals surface area contributed by atoms with Gasteiger partial charge in [0, 0.05) is 35.4 Å². The summed E-state index contributed by atoms with van der Waals surface area (Å²) in [6, 6.07) is 1.40. The van der Waals surface area contributed by atoms with Gasteiger partial charge in [0.25, 0.3) is 0 Å². The lowest BCUT2D eigenvalue weighted by molar-refractivity contribution is -0.150. The number of Topliss-reactive ketones (excluding diaryl/α,β-unsaturated/α-hetero) is 1. The number of aliphatic hydroxyl groups is 2. The molecule has 1 aliphatic carbocycles. The molecule has 0 bridgehead atoms. The first-order valence-electron chi connectivity index (χ1n) is 9.80. The number of hydrogen-bond acceptors (Lipinski definition) is 8. The number of aliphatic hydroxyl groups excluding tert-OH is 2. The van der Waals surface area contributed by atoms with Crippen LogP contribution in [0.5, 0.6) is 17.2 Å². The number of phenolic OH excluding ortho intramolecular Hbond substituents is 2. The Labute approximate surface area is 177 Å². The second kappa shape index (κ2) is 6.56. The Morgan fingerprint density at radius 1 is 1.29 bits per heavy atom. The molecule has 9 heteroatoms. The molecule has 9 nitrogen and oxygen atoms in total. The monoisotopic (exact) mass is 432 g/mol. The molecule has 0 spiro atoms. The summed E-state index contributed by atoms with van der Waals surface area (Å²) in [5, 5.41) is 52.0. The summed E-state index contributed by atoms with van der Waals surface area (Å²) >= 11 is 0. The lowest BCUT2D eigenvalue weighted by atomic mass is 9.78. The van der Waals surface area contributed by atoms with Gasteiger partial charge < -0.3 is 35.0 Å². The number of rotatable bonds is 5. The Bertz CT molecular complexity index is 1150. The van der Waals surface area contributed by atoms with E-state index in [0.717, 1.165) is 0 Å². The van der Waals surface area contributed by atoms with Crippen LogP contribution in [0, 0.1) is 6.92 Å². The quantitative estimate of drug-likeness (QED) is 0.472. The number of aliphatic carboxylic acids is 1. The number of ketones is 1. The van der Waals surface area contributed by atoms with Crippen molar-refractivity contribution in [2.75, 3.05) is 13.7 Å². The van der Waals surface area contributed by atoms with Crippen LogP contribution in [0.3, 0.4) is 0 Å². The molecule has 1 heterocycles. The second-order valence-electron chi connectivity index (χ2n) is 8.52. The van der Waals surface area contributed by atoms with E-state index >= 15 is 0 Å². The van der Waals surface area contributed by atoms with E-state index in [1.807, 2.05) is 0 Å². The third-order valence-electron chi connectivity index (χ3n) is 6.88. The molecule has 2 aromatic carbocycles. The molecule has 4 rings (SSSR count). The van der Waals surface area contributed by atoms with E-state index < -0.39 is 47.1 Å². The molecule has 2 aliphatic rings. The minimum absolute atomic E-state index is 0.0251. The second-order valence-corrected chi connectivity index (χ2v) is 8.52. The number of aryl methyl sites for hydroxylation is 1. The highest BCUT2D eigenvalue weighted by Crippen LogP contribution is 2.60. The van der Waals surface area contributed by atoms with E-state index in [9.17, 15) is 35.1 Å². The summed E-state index contributed by atoms with van der Waals surface area (Å²) in [5.74, 6) is -2.79. The zero-order chi connectivity index (χ0) is 23.0. The molecule has 4 atom stereocenters. The molecule has 5 N–H and O–H groups in total. The maximum absolute atomic E-state index is 13.7. The van der Waals surface area contributed by atoms with Crippen molar-refractivity contribution >= 4 is 22.5 Å². The number of carboxylic acid groups (broad SMARTS) is 1. The van der Waals surface area contributed by atoms with Crippen LogP contribution in [0.4, 0.5) is 0 Å². The van der Waals surface area contributed by atoms with Crippen LogP contribution in [-0.4, -0.2) is 63.2 Å². The number of hydrogen-bond donors (Lipinski definition) is 5. The number of ether oxygens (including phenoxy) is 2. The molecule has 0 saturated heterocycles. The number of carbonyl (C=O) groups excluding carboxylic acids is 1. The molecule has 0 fully saturated rings. The largest absolute Gasteiger partial charge is 0.508 e. The Morgan fingerprint density at radius 3 is 2.48 bits per heavy atom. The molecular weight excluding hydrogens is 408 g/mol. The molecule has 166 valence electrons. The molecule has 1 aliphatic heterocycles. The highest BCUT2D eigenvalue weighted by atomic mass is 16.5. The maximum atomic E-state index is 13.7. The third-order valence-corrected chi connectivity index (χ3v) is 6.88. The van der Waals surface area contributed by atoms with Gasteiger partial charge in [0.1, 0.15) is 23.4 Å². The van der Waals surface area contributed by atoms with Crippen LogP contribution >= 0.6 is 0 Å². The third kappa shape index (κ3) is 2.42. The molecule has 0 radical (unpaired) electrons. The number of methoxy groups -OCH3 is 1. The average Bonchev–Trinajstić information content (AvgIpc) is 3.11. The van der Waals surface area contributed by atoms with Gasteiger partial charge in [-0.05, 0) is 32.4 Å². The molecule has 0 amide bonds. The topological polar surface area (TPSA) is 154 Å². The normalized spacial score (nSPS) is 27.4. The first-order chi connectivity index (χ1) is 14.5. The van der Waals surface area contributed by atoms with Crippen LogP contribution in [0.25, 0.3) is 10.8 Å². The molecule has 31 heavy (non-hydrogen) atoms. The van der Waals surface area contributed by atoms with Gasteiger partial charge in [-0.3, -0.25) is 4.79 Å². The van der Waals surface area contributed by atoms with E-state index in [1.165, 1.54) is 13.2 Å². The first kappa shape index (κ1) is 21.4. The SMILES string of the molecule is COC1(CC(O)C(=O)O)C(=O)c2c(O)c3c(c4c(C)cc(O)c1c24)OC(C)C3(C)CO. The summed E-state index contributed by atoms with van der Waals surface area (Å²) in [4.78, 5) is 25.0. The average molecular weight is 432 g/mol. The van der Waals surface area contributed by atoms with Crippen molar-refractivity contribution in [3.8, 4) is 17.2 Å². The summed E-state index contributed by atoms with van der Waals surface area (Å²) < 4.78 is 11.5. The number of aromatic hydroxyl groups is 2. The zero-order valence-electron chi connectivity index (χ0n) is 17.5. The smallest absolute Gasteiger partial charge is 0.332 e. The fourth-order valence-corrected chi connectivity index (χ4v) is 4.96. The van der Waals surface area contributed by atoms with Gasteiger partial charge in [-0.15, -0.1) is 0 Å². The predicted octanol–water partition coefficient (Wildman–Crippen LogP) is 1.46.